The Morgan fingerprint density at radius 1 is 0.551 bits per heavy atom. The number of rotatable bonds is 16. The molecule has 3 heterocycles. The first-order chi connectivity index (χ1) is 31.3. The lowest BCUT2D eigenvalue weighted by Crippen LogP contribution is -2.60. The number of esters is 3. The summed E-state index contributed by atoms with van der Waals surface area (Å²) in [6, 6.07) is 4.22. The van der Waals surface area contributed by atoms with Gasteiger partial charge in [0.2, 0.25) is 0 Å². The molecule has 4 rings (SSSR count). The van der Waals surface area contributed by atoms with Crippen LogP contribution in [0.3, 0.4) is 0 Å². The molecule has 0 bridgehead atoms. The number of nitrogens with zero attached hydrogens (tertiary/aromatic N) is 3. The zero-order chi connectivity index (χ0) is 52.9. The van der Waals surface area contributed by atoms with Crippen LogP contribution in [0.25, 0.3) is 0 Å². The van der Waals surface area contributed by atoms with Crippen LogP contribution in [0.5, 0.6) is 5.75 Å². The molecule has 0 spiro atoms. The van der Waals surface area contributed by atoms with Crippen molar-refractivity contribution in [2.75, 3.05) is 21.1 Å². The van der Waals surface area contributed by atoms with Gasteiger partial charge in [0, 0.05) is 84.6 Å². The topological polar surface area (TPSA) is 109 Å². The fourth-order valence-electron chi connectivity index (χ4n) is 11.7. The molecule has 3 fully saturated rings. The minimum atomic E-state index is -0.190. The van der Waals surface area contributed by atoms with Gasteiger partial charge in [-0.2, -0.15) is 0 Å². The van der Waals surface area contributed by atoms with E-state index >= 15 is 0 Å². The molecule has 398 valence electrons. The molecule has 3 aliphatic rings. The summed E-state index contributed by atoms with van der Waals surface area (Å²) in [5, 5.41) is 11.1. The highest BCUT2D eigenvalue weighted by molar-refractivity contribution is 5.73. The Labute approximate surface area is 423 Å². The molecule has 1 atom stereocenters. The fourth-order valence-corrected chi connectivity index (χ4v) is 11.7. The molecule has 1 unspecified atom stereocenters. The van der Waals surface area contributed by atoms with E-state index in [0.29, 0.717) is 25.0 Å². The first-order valence-electron chi connectivity index (χ1n) is 26.9. The predicted octanol–water partition coefficient (Wildman–Crippen LogP) is 13.2. The Bertz CT molecular complexity index is 1720. The first kappa shape index (κ1) is 60.6. The number of ether oxygens (including phenoxy) is 3. The third kappa shape index (κ3) is 16.9. The smallest absolute Gasteiger partial charge is 0.309 e. The van der Waals surface area contributed by atoms with Crippen LogP contribution < -0.4 is 0 Å². The number of likely N-dealkylation sites (tertiary alicyclic amines) is 3. The molecule has 10 nitrogen and oxygen atoms in total. The van der Waals surface area contributed by atoms with Gasteiger partial charge in [-0.1, -0.05) is 86.3 Å². The van der Waals surface area contributed by atoms with E-state index in [4.69, 9.17) is 14.2 Å². The van der Waals surface area contributed by atoms with Crippen LogP contribution in [0.1, 0.15) is 245 Å². The quantitative estimate of drug-likeness (QED) is 0.0977. The largest absolute Gasteiger partial charge is 0.507 e. The van der Waals surface area contributed by atoms with E-state index in [1.54, 1.807) is 0 Å². The van der Waals surface area contributed by atoms with Gasteiger partial charge in [0.25, 0.3) is 0 Å². The highest BCUT2D eigenvalue weighted by atomic mass is 16.6. The van der Waals surface area contributed by atoms with E-state index in [0.717, 1.165) is 100 Å². The van der Waals surface area contributed by atoms with Crippen LogP contribution in [0.2, 0.25) is 0 Å². The number of benzene rings is 1. The fraction of sp³-hybridized carbons (Fsp3) is 0.847. The van der Waals surface area contributed by atoms with Gasteiger partial charge in [-0.15, -0.1) is 0 Å². The molecule has 0 amide bonds. The summed E-state index contributed by atoms with van der Waals surface area (Å²) in [6.07, 6.45) is 13.0. The number of hydrogen-bond donors (Lipinski definition) is 1. The number of phenolic OH excluding ortho intramolecular Hbond substituents is 1. The number of carbonyl (C=O) groups excluding carboxylic acids is 3. The van der Waals surface area contributed by atoms with E-state index in [2.05, 4.69) is 180 Å². The minimum Gasteiger partial charge on any atom is -0.507 e. The summed E-state index contributed by atoms with van der Waals surface area (Å²) in [5.74, 6) is -0.0355. The van der Waals surface area contributed by atoms with Crippen molar-refractivity contribution in [2.24, 2.45) is 5.92 Å². The molecule has 3 saturated heterocycles. The third-order valence-electron chi connectivity index (χ3n) is 16.7. The summed E-state index contributed by atoms with van der Waals surface area (Å²) in [7, 11) is 6.48. The summed E-state index contributed by atoms with van der Waals surface area (Å²) in [6.45, 7) is 41.6. The van der Waals surface area contributed by atoms with E-state index in [9.17, 15) is 19.5 Å². The Morgan fingerprint density at radius 3 is 1.14 bits per heavy atom. The van der Waals surface area contributed by atoms with Crippen molar-refractivity contribution < 1.29 is 33.7 Å². The Hall–Kier alpha value is -2.69. The van der Waals surface area contributed by atoms with Crippen LogP contribution in [0.4, 0.5) is 0 Å². The van der Waals surface area contributed by atoms with Crippen LogP contribution in [-0.2, 0) is 45.8 Å². The summed E-state index contributed by atoms with van der Waals surface area (Å²) in [5.41, 5.74) is 2.64. The second kappa shape index (κ2) is 23.0. The van der Waals surface area contributed by atoms with Gasteiger partial charge in [-0.25, -0.2) is 0 Å². The molecule has 3 aliphatic heterocycles. The third-order valence-corrected chi connectivity index (χ3v) is 16.7. The Kier molecular flexibility index (Phi) is 20.2. The van der Waals surface area contributed by atoms with E-state index in [1.807, 2.05) is 0 Å². The van der Waals surface area contributed by atoms with Crippen molar-refractivity contribution in [3.8, 4) is 5.75 Å². The maximum absolute atomic E-state index is 13.6. The molecule has 1 aromatic carbocycles. The van der Waals surface area contributed by atoms with Crippen molar-refractivity contribution in [3.05, 3.63) is 28.8 Å². The van der Waals surface area contributed by atoms with Gasteiger partial charge in [-0.3, -0.25) is 29.1 Å². The number of aromatic hydroxyl groups is 1. The number of carbonyl (C=O) groups is 3. The standard InChI is InChI=1S/C31H53NO3.C28H52N2O4/c1-13-14-15-22(27(34)35-23-19-30(8,9)32(12)31(10,11)20-23)16-21-17-24(28(2,3)4)26(33)25(18-21)29(5,6)7;1-25(2)17-21(18-26(3,4)29(25)9)33-23(31)15-13-11-12-14-16-24(32)34-22-19-27(5,6)30(10)28(7,8)20-22/h17-18,22-23,33H,13-16,19-20H2,1-12H3;21-22H,11-20H2,1-10H3. The number of unbranched alkanes of at least 4 members (excludes halogenated alkanes) is 4. The summed E-state index contributed by atoms with van der Waals surface area (Å²) in [4.78, 5) is 45.6. The van der Waals surface area contributed by atoms with E-state index < -0.39 is 0 Å². The molecule has 69 heavy (non-hydrogen) atoms. The maximum atomic E-state index is 13.6. The Morgan fingerprint density at radius 2 is 0.855 bits per heavy atom. The Balaban J connectivity index is 0.000000365. The maximum Gasteiger partial charge on any atom is 0.309 e. The predicted molar refractivity (Wildman–Crippen MR) is 285 cm³/mol. The number of phenols is 1. The van der Waals surface area contributed by atoms with Crippen LogP contribution >= 0.6 is 0 Å². The second-order valence-corrected chi connectivity index (χ2v) is 27.6. The average molecular weight is 969 g/mol. The molecule has 0 aromatic heterocycles. The molecular weight excluding hydrogens is 863 g/mol. The van der Waals surface area contributed by atoms with Crippen molar-refractivity contribution in [1.82, 2.24) is 14.7 Å². The zero-order valence-corrected chi connectivity index (χ0v) is 48.5. The molecular formula is C59H105N3O7. The van der Waals surface area contributed by atoms with Crippen molar-refractivity contribution >= 4 is 17.9 Å². The SMILES string of the molecule is CCCCC(Cc1cc(C(C)(C)C)c(O)c(C(C)(C)C)c1)C(=O)OC1CC(C)(C)N(C)C(C)(C)C1.CN1C(C)(C)CC(OC(=O)CCCCCCC(=O)OC2CC(C)(C)N(C)C(C)(C)C2)CC1(C)C. The molecule has 1 N–H and O–H groups in total. The van der Waals surface area contributed by atoms with Gasteiger partial charge in [0.15, 0.2) is 0 Å². The zero-order valence-electron chi connectivity index (χ0n) is 48.5. The lowest BCUT2D eigenvalue weighted by Gasteiger charge is -2.53. The summed E-state index contributed by atoms with van der Waals surface area (Å²) < 4.78 is 17.9. The van der Waals surface area contributed by atoms with Crippen molar-refractivity contribution in [1.29, 1.82) is 0 Å². The monoisotopic (exact) mass is 968 g/mol. The van der Waals surface area contributed by atoms with Crippen molar-refractivity contribution in [3.63, 3.8) is 0 Å². The molecule has 1 aromatic rings. The highest BCUT2D eigenvalue weighted by Gasteiger charge is 2.47. The molecule has 0 aliphatic carbocycles. The van der Waals surface area contributed by atoms with E-state index in [1.165, 1.54) is 0 Å². The van der Waals surface area contributed by atoms with Crippen LogP contribution in [0.15, 0.2) is 12.1 Å². The lowest BCUT2D eigenvalue weighted by molar-refractivity contribution is -0.164. The van der Waals surface area contributed by atoms with Gasteiger partial charge in [0.05, 0.1) is 5.92 Å². The normalized spacial score (nSPS) is 22.5. The van der Waals surface area contributed by atoms with Crippen molar-refractivity contribution in [2.45, 2.75) is 297 Å². The molecule has 0 saturated carbocycles. The highest BCUT2D eigenvalue weighted by Crippen LogP contribution is 2.43. The van der Waals surface area contributed by atoms with Gasteiger partial charge in [-0.05, 0) is 157 Å². The second-order valence-electron chi connectivity index (χ2n) is 27.6. The van der Waals surface area contributed by atoms with Gasteiger partial charge >= 0.3 is 17.9 Å². The summed E-state index contributed by atoms with van der Waals surface area (Å²) >= 11 is 0. The van der Waals surface area contributed by atoms with E-state index in [-0.39, 0.29) is 86.2 Å². The van der Waals surface area contributed by atoms with Gasteiger partial charge in [0.1, 0.15) is 24.1 Å². The number of piperidine rings is 3. The van der Waals surface area contributed by atoms with Crippen LogP contribution in [0, 0.1) is 5.92 Å². The molecule has 10 heteroatoms. The average Bonchev–Trinajstić information content (AvgIpc) is 3.17. The lowest BCUT2D eigenvalue weighted by atomic mass is 9.77. The number of hydrogen-bond acceptors (Lipinski definition) is 10. The minimum absolute atomic E-state index is 0.0142. The van der Waals surface area contributed by atoms with Gasteiger partial charge < -0.3 is 19.3 Å². The van der Waals surface area contributed by atoms with Crippen LogP contribution in [-0.4, -0.2) is 110 Å². The molecule has 0 radical (unpaired) electrons. The first-order valence-corrected chi connectivity index (χ1v) is 26.9.